The molecule has 2 aliphatic heterocycles. The Balaban J connectivity index is 1.12. The zero-order chi connectivity index (χ0) is 25.1. The Bertz CT molecular complexity index is 1200. The largest absolute Gasteiger partial charge is 0.491 e. The van der Waals surface area contributed by atoms with Crippen LogP contribution in [-0.4, -0.2) is 77.9 Å². The predicted octanol–water partition coefficient (Wildman–Crippen LogP) is 4.42. The lowest BCUT2D eigenvalue weighted by atomic mass is 10.0. The van der Waals surface area contributed by atoms with Crippen molar-refractivity contribution < 1.29 is 14.3 Å². The Hall–Kier alpha value is -3.64. The number of benzene rings is 3. The molecule has 2 heterocycles. The normalized spacial score (nSPS) is 16.6. The van der Waals surface area contributed by atoms with Crippen molar-refractivity contribution in [2.24, 2.45) is 0 Å². The van der Waals surface area contributed by atoms with E-state index in [-0.39, 0.29) is 17.9 Å². The summed E-state index contributed by atoms with van der Waals surface area (Å²) in [7, 11) is 0. The molecule has 0 saturated carbocycles. The maximum Gasteiger partial charge on any atom is 0.253 e. The maximum absolute atomic E-state index is 13.0. The number of piperazine rings is 1. The third kappa shape index (κ3) is 5.29. The lowest BCUT2D eigenvalue weighted by Gasteiger charge is -2.48. The number of carbonyl (C=O) groups is 2. The quantitative estimate of drug-likeness (QED) is 0.521. The van der Waals surface area contributed by atoms with Crippen molar-refractivity contribution >= 4 is 11.8 Å². The van der Waals surface area contributed by atoms with Gasteiger partial charge in [-0.05, 0) is 61.4 Å². The van der Waals surface area contributed by atoms with Gasteiger partial charge in [0.1, 0.15) is 5.75 Å². The van der Waals surface area contributed by atoms with Crippen LogP contribution in [0.1, 0.15) is 34.6 Å². The fourth-order valence-electron chi connectivity index (χ4n) is 4.91. The van der Waals surface area contributed by atoms with Crippen LogP contribution in [0.5, 0.6) is 5.75 Å². The van der Waals surface area contributed by atoms with E-state index in [9.17, 15) is 9.59 Å². The van der Waals surface area contributed by atoms with Crippen LogP contribution in [0.25, 0.3) is 11.1 Å². The lowest BCUT2D eigenvalue weighted by Crippen LogP contribution is -2.64. The summed E-state index contributed by atoms with van der Waals surface area (Å²) >= 11 is 0. The molecule has 0 aromatic heterocycles. The van der Waals surface area contributed by atoms with Gasteiger partial charge in [0.05, 0.1) is 6.10 Å². The second kappa shape index (κ2) is 10.5. The van der Waals surface area contributed by atoms with Crippen molar-refractivity contribution in [3.63, 3.8) is 0 Å². The molecule has 36 heavy (non-hydrogen) atoms. The van der Waals surface area contributed by atoms with E-state index in [1.807, 2.05) is 96.4 Å². The average Bonchev–Trinajstić information content (AvgIpc) is 2.88. The highest BCUT2D eigenvalue weighted by atomic mass is 16.5. The molecule has 0 N–H and O–H groups in total. The number of rotatable bonds is 6. The first-order valence-corrected chi connectivity index (χ1v) is 12.7. The lowest BCUT2D eigenvalue weighted by molar-refractivity contribution is 0.00854. The SMILES string of the molecule is CC(C)Oc1cccc(-c2ccc(C(=O)N3CC(N4CCN(C(=O)c5ccccc5)CC4)C3)cc2)c1. The van der Waals surface area contributed by atoms with Crippen molar-refractivity contribution in [2.45, 2.75) is 26.0 Å². The molecule has 2 saturated heterocycles. The van der Waals surface area contributed by atoms with Gasteiger partial charge in [0.25, 0.3) is 11.8 Å². The van der Waals surface area contributed by atoms with Gasteiger partial charge in [0, 0.05) is 56.4 Å². The topological polar surface area (TPSA) is 53.1 Å². The summed E-state index contributed by atoms with van der Waals surface area (Å²) in [5.41, 5.74) is 3.59. The van der Waals surface area contributed by atoms with Gasteiger partial charge in [0.2, 0.25) is 0 Å². The van der Waals surface area contributed by atoms with E-state index >= 15 is 0 Å². The minimum atomic E-state index is 0.0765. The Morgan fingerprint density at radius 2 is 1.36 bits per heavy atom. The van der Waals surface area contributed by atoms with Gasteiger partial charge in [-0.1, -0.05) is 42.5 Å². The average molecular weight is 484 g/mol. The van der Waals surface area contributed by atoms with Crippen LogP contribution in [-0.2, 0) is 0 Å². The first-order chi connectivity index (χ1) is 17.5. The second-order valence-electron chi connectivity index (χ2n) is 9.83. The standard InChI is InChI=1S/C30H33N3O3/c1-22(2)36-28-10-6-9-26(19-28)23-11-13-25(14-12-23)30(35)33-20-27(21-33)31-15-17-32(18-16-31)29(34)24-7-4-3-5-8-24/h3-14,19,22,27H,15-18,20-21H2,1-2H3. The van der Waals surface area contributed by atoms with Crippen molar-refractivity contribution in [3.05, 3.63) is 90.0 Å². The zero-order valence-electron chi connectivity index (χ0n) is 21.0. The Morgan fingerprint density at radius 3 is 2.03 bits per heavy atom. The third-order valence-electron chi connectivity index (χ3n) is 6.96. The van der Waals surface area contributed by atoms with Crippen molar-refractivity contribution in [1.29, 1.82) is 0 Å². The van der Waals surface area contributed by atoms with Crippen LogP contribution in [0.3, 0.4) is 0 Å². The smallest absolute Gasteiger partial charge is 0.253 e. The third-order valence-corrected chi connectivity index (χ3v) is 6.96. The van der Waals surface area contributed by atoms with Gasteiger partial charge >= 0.3 is 0 Å². The molecule has 0 atom stereocenters. The fraction of sp³-hybridized carbons (Fsp3) is 0.333. The molecule has 6 nitrogen and oxygen atoms in total. The van der Waals surface area contributed by atoms with Crippen molar-refractivity contribution in [2.75, 3.05) is 39.3 Å². The molecule has 3 aromatic rings. The van der Waals surface area contributed by atoms with Gasteiger partial charge in [-0.15, -0.1) is 0 Å². The van der Waals surface area contributed by atoms with E-state index in [4.69, 9.17) is 4.74 Å². The number of hydrogen-bond acceptors (Lipinski definition) is 4. The van der Waals surface area contributed by atoms with Gasteiger partial charge < -0.3 is 14.5 Å². The van der Waals surface area contributed by atoms with Gasteiger partial charge in [0.15, 0.2) is 0 Å². The molecular formula is C30H33N3O3. The molecule has 0 bridgehead atoms. The Kier molecular flexibility index (Phi) is 7.05. The monoisotopic (exact) mass is 483 g/mol. The van der Waals surface area contributed by atoms with Crippen LogP contribution >= 0.6 is 0 Å². The summed E-state index contributed by atoms with van der Waals surface area (Å²) in [5.74, 6) is 1.02. The van der Waals surface area contributed by atoms with E-state index in [0.717, 1.165) is 61.7 Å². The van der Waals surface area contributed by atoms with Crippen LogP contribution < -0.4 is 4.74 Å². The summed E-state index contributed by atoms with van der Waals surface area (Å²) in [4.78, 5) is 31.9. The van der Waals surface area contributed by atoms with Crippen LogP contribution in [0, 0.1) is 0 Å². The molecule has 2 amide bonds. The molecule has 0 radical (unpaired) electrons. The molecule has 0 unspecified atom stereocenters. The number of carbonyl (C=O) groups excluding carboxylic acids is 2. The van der Waals surface area contributed by atoms with E-state index in [0.29, 0.717) is 11.6 Å². The number of amides is 2. The van der Waals surface area contributed by atoms with Crippen LogP contribution in [0.4, 0.5) is 0 Å². The molecule has 5 rings (SSSR count). The highest BCUT2D eigenvalue weighted by Crippen LogP contribution is 2.26. The molecule has 0 spiro atoms. The highest BCUT2D eigenvalue weighted by molar-refractivity contribution is 5.95. The maximum atomic E-state index is 13.0. The second-order valence-corrected chi connectivity index (χ2v) is 9.83. The van der Waals surface area contributed by atoms with Crippen LogP contribution in [0.15, 0.2) is 78.9 Å². The summed E-state index contributed by atoms with van der Waals surface area (Å²) in [6.07, 6.45) is 0.126. The van der Waals surface area contributed by atoms with Crippen LogP contribution in [0.2, 0.25) is 0 Å². The molecule has 2 aliphatic rings. The summed E-state index contributed by atoms with van der Waals surface area (Å²) in [6, 6.07) is 25.7. The molecule has 186 valence electrons. The number of ether oxygens (including phenoxy) is 1. The van der Waals surface area contributed by atoms with E-state index < -0.39 is 0 Å². The molecule has 0 aliphatic carbocycles. The van der Waals surface area contributed by atoms with Gasteiger partial charge in [-0.2, -0.15) is 0 Å². The van der Waals surface area contributed by atoms with Crippen molar-refractivity contribution in [3.8, 4) is 16.9 Å². The van der Waals surface area contributed by atoms with Gasteiger partial charge in [-0.25, -0.2) is 0 Å². The highest BCUT2D eigenvalue weighted by Gasteiger charge is 2.37. The Labute approximate surface area is 213 Å². The molecular weight excluding hydrogens is 450 g/mol. The minimum absolute atomic E-state index is 0.0765. The minimum Gasteiger partial charge on any atom is -0.491 e. The first kappa shape index (κ1) is 24.1. The molecule has 3 aromatic carbocycles. The van der Waals surface area contributed by atoms with Crippen molar-refractivity contribution in [1.82, 2.24) is 14.7 Å². The van der Waals surface area contributed by atoms with Gasteiger partial charge in [-0.3, -0.25) is 14.5 Å². The number of hydrogen-bond donors (Lipinski definition) is 0. The molecule has 6 heteroatoms. The number of likely N-dealkylation sites (tertiary alicyclic amines) is 1. The predicted molar refractivity (Wildman–Crippen MR) is 141 cm³/mol. The van der Waals surface area contributed by atoms with E-state index in [2.05, 4.69) is 11.0 Å². The molecule has 2 fully saturated rings. The first-order valence-electron chi connectivity index (χ1n) is 12.7. The van der Waals surface area contributed by atoms with E-state index in [1.54, 1.807) is 0 Å². The summed E-state index contributed by atoms with van der Waals surface area (Å²) < 4.78 is 5.81. The summed E-state index contributed by atoms with van der Waals surface area (Å²) in [5, 5.41) is 0. The zero-order valence-corrected chi connectivity index (χ0v) is 21.0. The Morgan fingerprint density at radius 1 is 0.722 bits per heavy atom. The number of nitrogens with zero attached hydrogens (tertiary/aromatic N) is 3. The van der Waals surface area contributed by atoms with E-state index in [1.165, 1.54) is 0 Å². The fourth-order valence-corrected chi connectivity index (χ4v) is 4.91. The summed E-state index contributed by atoms with van der Waals surface area (Å²) in [6.45, 7) is 8.65.